The summed E-state index contributed by atoms with van der Waals surface area (Å²) in [5.74, 6) is 0.293. The van der Waals surface area contributed by atoms with Crippen LogP contribution in [0.2, 0.25) is 0 Å². The van der Waals surface area contributed by atoms with Gasteiger partial charge in [-0.05, 0) is 66.6 Å². The summed E-state index contributed by atoms with van der Waals surface area (Å²) in [7, 11) is 0. The van der Waals surface area contributed by atoms with E-state index in [-0.39, 0.29) is 10.9 Å². The summed E-state index contributed by atoms with van der Waals surface area (Å²) in [6.45, 7) is 0.899. The molecule has 0 fully saturated rings. The molecule has 186 valence electrons. The molecule has 0 saturated carbocycles. The van der Waals surface area contributed by atoms with Crippen LogP contribution in [-0.2, 0) is 0 Å². The van der Waals surface area contributed by atoms with Crippen molar-refractivity contribution in [1.29, 1.82) is 0 Å². The number of rotatable bonds is 5. The van der Waals surface area contributed by atoms with Gasteiger partial charge in [-0.25, -0.2) is 14.8 Å². The molecule has 0 bridgehead atoms. The molecule has 11 heteroatoms. The second-order valence-electron chi connectivity index (χ2n) is 8.52. The van der Waals surface area contributed by atoms with Crippen LogP contribution in [-0.4, -0.2) is 44.2 Å². The standard InChI is InChI=1S/C26H21N6O4S/c33-26(36-19-4-2-18(3-5-19)32(34)35)31-11-8-16(9-12-31)23-14-20-21(7-10-27-25(20)30-23)29-17-1-6-22-24(13-17)37-15-28-22/h1-8,10,13-15,34H,9,11-12H2,(H2,27,29,30)/q-1. The summed E-state index contributed by atoms with van der Waals surface area (Å²) in [6, 6.07) is 15.8. The maximum Gasteiger partial charge on any atom is 0.415 e. The number of nitrogens with zero attached hydrogens (tertiary/aromatic N) is 4. The Morgan fingerprint density at radius 2 is 2.03 bits per heavy atom. The lowest BCUT2D eigenvalue weighted by molar-refractivity contribution is 0.157. The van der Waals surface area contributed by atoms with Gasteiger partial charge >= 0.3 is 6.09 Å². The van der Waals surface area contributed by atoms with Gasteiger partial charge in [0.2, 0.25) is 0 Å². The number of nitrogens with one attached hydrogen (secondary N) is 2. The number of carbonyl (C=O) groups is 1. The molecular weight excluding hydrogens is 492 g/mol. The van der Waals surface area contributed by atoms with Gasteiger partial charge in [-0.15, -0.1) is 11.3 Å². The average molecular weight is 514 g/mol. The molecular formula is C26H21N6O4S-. The Balaban J connectivity index is 1.16. The highest BCUT2D eigenvalue weighted by molar-refractivity contribution is 7.16. The molecule has 4 heterocycles. The van der Waals surface area contributed by atoms with Crippen molar-refractivity contribution in [2.75, 3.05) is 23.6 Å². The molecule has 0 spiro atoms. The Morgan fingerprint density at radius 3 is 2.81 bits per heavy atom. The fourth-order valence-electron chi connectivity index (χ4n) is 4.28. The fraction of sp³-hybridized carbons (Fsp3) is 0.115. The van der Waals surface area contributed by atoms with E-state index in [0.717, 1.165) is 43.9 Å². The predicted octanol–water partition coefficient (Wildman–Crippen LogP) is 5.90. The van der Waals surface area contributed by atoms with Crippen molar-refractivity contribution in [2.24, 2.45) is 0 Å². The van der Waals surface area contributed by atoms with E-state index in [9.17, 15) is 10.0 Å². The van der Waals surface area contributed by atoms with Crippen LogP contribution in [0, 0.1) is 5.21 Å². The SMILES string of the molecule is O=C(Oc1ccc(N([O-])O)cc1)N1CC=C(c2cc3c(Nc4ccc5ncsc5c4)ccnc3[nH]2)CC1. The Bertz CT molecular complexity index is 1630. The van der Waals surface area contributed by atoms with Gasteiger partial charge < -0.3 is 30.4 Å². The fourth-order valence-corrected chi connectivity index (χ4v) is 5.00. The summed E-state index contributed by atoms with van der Waals surface area (Å²) in [5, 5.41) is 24.0. The first kappa shape index (κ1) is 23.0. The second-order valence-corrected chi connectivity index (χ2v) is 9.41. The van der Waals surface area contributed by atoms with E-state index in [2.05, 4.69) is 32.4 Å². The summed E-state index contributed by atoms with van der Waals surface area (Å²) in [5.41, 5.74) is 7.65. The van der Waals surface area contributed by atoms with E-state index in [0.29, 0.717) is 25.3 Å². The number of fused-ring (bicyclic) bond motifs is 2. The number of benzene rings is 2. The molecule has 0 atom stereocenters. The normalized spacial score (nSPS) is 13.6. The van der Waals surface area contributed by atoms with Crippen molar-refractivity contribution >= 4 is 61.3 Å². The van der Waals surface area contributed by atoms with Gasteiger partial charge in [0.25, 0.3) is 0 Å². The number of hydrogen-bond donors (Lipinski definition) is 3. The van der Waals surface area contributed by atoms with Crippen LogP contribution in [0.15, 0.2) is 72.4 Å². The van der Waals surface area contributed by atoms with E-state index in [1.165, 1.54) is 24.3 Å². The van der Waals surface area contributed by atoms with Gasteiger partial charge in [0, 0.05) is 36.1 Å². The molecule has 1 amide bonds. The van der Waals surface area contributed by atoms with Crippen LogP contribution in [0.4, 0.5) is 21.9 Å². The van der Waals surface area contributed by atoms with Gasteiger partial charge in [-0.1, -0.05) is 6.08 Å². The van der Waals surface area contributed by atoms with Gasteiger partial charge in [0.1, 0.15) is 11.4 Å². The number of aromatic nitrogens is 3. The minimum Gasteiger partial charge on any atom is -0.733 e. The summed E-state index contributed by atoms with van der Waals surface area (Å²) in [4.78, 5) is 26.4. The molecule has 37 heavy (non-hydrogen) atoms. The van der Waals surface area contributed by atoms with Crippen LogP contribution in [0.3, 0.4) is 0 Å². The van der Waals surface area contributed by atoms with Gasteiger partial charge in [-0.2, -0.15) is 0 Å². The van der Waals surface area contributed by atoms with Crippen molar-refractivity contribution in [2.45, 2.75) is 6.42 Å². The number of ether oxygens (including phenoxy) is 1. The van der Waals surface area contributed by atoms with Crippen molar-refractivity contribution in [1.82, 2.24) is 19.9 Å². The molecule has 1 aliphatic heterocycles. The zero-order chi connectivity index (χ0) is 25.4. The topological polar surface area (TPSA) is 130 Å². The average Bonchev–Trinajstić information content (AvgIpc) is 3.56. The molecule has 10 nitrogen and oxygen atoms in total. The summed E-state index contributed by atoms with van der Waals surface area (Å²) in [6.07, 6.45) is 3.95. The van der Waals surface area contributed by atoms with Crippen LogP contribution in [0.5, 0.6) is 5.75 Å². The summed E-state index contributed by atoms with van der Waals surface area (Å²) >= 11 is 1.61. The molecule has 0 radical (unpaired) electrons. The number of thiazole rings is 1. The smallest absolute Gasteiger partial charge is 0.415 e. The van der Waals surface area contributed by atoms with Crippen LogP contribution < -0.4 is 15.3 Å². The van der Waals surface area contributed by atoms with E-state index >= 15 is 0 Å². The molecule has 2 aromatic carbocycles. The monoisotopic (exact) mass is 513 g/mol. The number of amides is 1. The molecule has 1 aliphatic rings. The first-order valence-electron chi connectivity index (χ1n) is 11.5. The van der Waals surface area contributed by atoms with Crippen molar-refractivity contribution in [3.8, 4) is 5.75 Å². The molecule has 0 saturated heterocycles. The third kappa shape index (κ3) is 4.70. The Labute approximate surface area is 215 Å². The number of pyridine rings is 1. The lowest BCUT2D eigenvalue weighted by Crippen LogP contribution is -2.36. The zero-order valence-corrected chi connectivity index (χ0v) is 20.2. The highest BCUT2D eigenvalue weighted by Gasteiger charge is 2.21. The first-order valence-corrected chi connectivity index (χ1v) is 12.4. The Morgan fingerprint density at radius 1 is 1.16 bits per heavy atom. The largest absolute Gasteiger partial charge is 0.733 e. The molecule has 0 unspecified atom stereocenters. The third-order valence-electron chi connectivity index (χ3n) is 6.22. The molecule has 3 N–H and O–H groups in total. The van der Waals surface area contributed by atoms with Crippen LogP contribution in [0.1, 0.15) is 12.1 Å². The van der Waals surface area contributed by atoms with Crippen LogP contribution >= 0.6 is 11.3 Å². The first-order chi connectivity index (χ1) is 18.0. The maximum absolute atomic E-state index is 12.6. The highest BCUT2D eigenvalue weighted by Crippen LogP contribution is 2.31. The Kier molecular flexibility index (Phi) is 5.93. The Hall–Kier alpha value is -4.45. The third-order valence-corrected chi connectivity index (χ3v) is 7.01. The number of anilines is 3. The van der Waals surface area contributed by atoms with E-state index in [1.54, 1.807) is 22.4 Å². The van der Waals surface area contributed by atoms with Crippen molar-refractivity contribution in [3.05, 3.63) is 83.3 Å². The van der Waals surface area contributed by atoms with Gasteiger partial charge in [-0.3, -0.25) is 5.21 Å². The molecule has 0 aliphatic carbocycles. The second kappa shape index (κ2) is 9.54. The minimum absolute atomic E-state index is 0.0532. The maximum atomic E-state index is 12.6. The van der Waals surface area contributed by atoms with Crippen LogP contribution in [0.25, 0.3) is 26.8 Å². The van der Waals surface area contributed by atoms with E-state index in [1.807, 2.05) is 29.8 Å². The minimum atomic E-state index is -0.478. The quantitative estimate of drug-likeness (QED) is 0.248. The lowest BCUT2D eigenvalue weighted by atomic mass is 10.1. The predicted molar refractivity (Wildman–Crippen MR) is 143 cm³/mol. The summed E-state index contributed by atoms with van der Waals surface area (Å²) < 4.78 is 6.52. The molecule has 3 aromatic heterocycles. The zero-order valence-electron chi connectivity index (χ0n) is 19.4. The van der Waals surface area contributed by atoms with Crippen molar-refractivity contribution < 1.29 is 14.7 Å². The van der Waals surface area contributed by atoms with E-state index < -0.39 is 6.09 Å². The number of aromatic amines is 1. The molecule has 6 rings (SSSR count). The number of hydrogen-bond acceptors (Lipinski definition) is 9. The van der Waals surface area contributed by atoms with Gasteiger partial charge in [0.05, 0.1) is 27.1 Å². The highest BCUT2D eigenvalue weighted by atomic mass is 32.1. The lowest BCUT2D eigenvalue weighted by Gasteiger charge is -2.25. The number of H-pyrrole nitrogens is 1. The van der Waals surface area contributed by atoms with Crippen molar-refractivity contribution in [3.63, 3.8) is 0 Å². The molecule has 5 aromatic rings. The van der Waals surface area contributed by atoms with E-state index in [4.69, 9.17) is 9.94 Å². The number of carbonyl (C=O) groups excluding carboxylic acids is 1. The van der Waals surface area contributed by atoms with Gasteiger partial charge in [0.15, 0.2) is 0 Å².